The quantitative estimate of drug-likeness (QED) is 0.545. The van der Waals surface area contributed by atoms with E-state index in [4.69, 9.17) is 14.6 Å². The van der Waals surface area contributed by atoms with Gasteiger partial charge in [-0.05, 0) is 36.4 Å². The fraction of sp³-hybridized carbons (Fsp3) is 0.200. The van der Waals surface area contributed by atoms with Gasteiger partial charge in [-0.15, -0.1) is 0 Å². The van der Waals surface area contributed by atoms with Crippen LogP contribution in [-0.4, -0.2) is 54.9 Å². The summed E-state index contributed by atoms with van der Waals surface area (Å²) in [6.45, 7) is 1.39. The lowest BCUT2D eigenvalue weighted by atomic mass is 10.1. The highest BCUT2D eigenvalue weighted by Gasteiger charge is 2.24. The average Bonchev–Trinajstić information content (AvgIpc) is 2.83. The van der Waals surface area contributed by atoms with Gasteiger partial charge in [0.1, 0.15) is 12.4 Å². The third-order valence-electron chi connectivity index (χ3n) is 5.26. The number of phenols is 1. The third-order valence-corrected chi connectivity index (χ3v) is 5.26. The number of rotatable bonds is 8. The minimum atomic E-state index is -1.07. The van der Waals surface area contributed by atoms with Gasteiger partial charge in [-0.3, -0.25) is 4.79 Å². The normalized spacial score (nSPS) is 12.4. The Morgan fingerprint density at radius 1 is 1.03 bits per heavy atom. The summed E-state index contributed by atoms with van der Waals surface area (Å²) in [4.78, 5) is 27.9. The molecule has 8 nitrogen and oxygen atoms in total. The van der Waals surface area contributed by atoms with Crippen LogP contribution in [0, 0.1) is 0 Å². The van der Waals surface area contributed by atoms with Crippen LogP contribution in [0.1, 0.15) is 10.4 Å². The Balaban J connectivity index is 1.57. The molecule has 170 valence electrons. The summed E-state index contributed by atoms with van der Waals surface area (Å²) in [6.07, 6.45) is 0. The van der Waals surface area contributed by atoms with E-state index in [1.807, 2.05) is 24.3 Å². The molecule has 0 saturated heterocycles. The molecule has 0 spiro atoms. The molecule has 3 aromatic carbocycles. The van der Waals surface area contributed by atoms with E-state index in [2.05, 4.69) is 4.90 Å². The van der Waals surface area contributed by atoms with Gasteiger partial charge in [0.25, 0.3) is 5.91 Å². The van der Waals surface area contributed by atoms with Crippen molar-refractivity contribution in [3.8, 4) is 17.2 Å². The Labute approximate surface area is 191 Å². The van der Waals surface area contributed by atoms with Crippen LogP contribution in [0.3, 0.4) is 0 Å². The van der Waals surface area contributed by atoms with Crippen molar-refractivity contribution in [2.24, 2.45) is 0 Å². The van der Waals surface area contributed by atoms with Crippen molar-refractivity contribution in [3.05, 3.63) is 78.4 Å². The van der Waals surface area contributed by atoms with Gasteiger partial charge in [0.05, 0.1) is 12.2 Å². The molecule has 0 saturated carbocycles. The zero-order chi connectivity index (χ0) is 23.2. The highest BCUT2D eigenvalue weighted by Crippen LogP contribution is 2.40. The van der Waals surface area contributed by atoms with Gasteiger partial charge in [-0.2, -0.15) is 0 Å². The molecule has 1 amide bonds. The highest BCUT2D eigenvalue weighted by molar-refractivity contribution is 6.06. The van der Waals surface area contributed by atoms with Crippen molar-refractivity contribution in [2.75, 3.05) is 42.6 Å². The summed E-state index contributed by atoms with van der Waals surface area (Å²) < 4.78 is 11.1. The zero-order valence-corrected chi connectivity index (χ0v) is 17.9. The fourth-order valence-electron chi connectivity index (χ4n) is 3.73. The lowest BCUT2D eigenvalue weighted by molar-refractivity contribution is -0.139. The zero-order valence-electron chi connectivity index (χ0n) is 17.9. The minimum absolute atomic E-state index is 0.0790. The number of carbonyl (C=O) groups is 2. The number of carbonyl (C=O) groups excluding carboxylic acids is 1. The summed E-state index contributed by atoms with van der Waals surface area (Å²) in [5.41, 5.74) is 1.91. The number of ether oxygens (including phenoxy) is 2. The maximum atomic E-state index is 13.3. The highest BCUT2D eigenvalue weighted by atomic mass is 16.5. The molecule has 0 atom stereocenters. The maximum absolute atomic E-state index is 13.3. The Kier molecular flexibility index (Phi) is 6.64. The molecular formula is C25H24N2O6. The van der Waals surface area contributed by atoms with Crippen LogP contribution in [0.25, 0.3) is 0 Å². The van der Waals surface area contributed by atoms with Crippen molar-refractivity contribution >= 4 is 23.3 Å². The molecule has 0 radical (unpaired) electrons. The molecule has 1 aliphatic rings. The van der Waals surface area contributed by atoms with Gasteiger partial charge in [-0.1, -0.05) is 30.3 Å². The molecule has 0 unspecified atom stereocenters. The molecule has 2 N–H and O–H groups in total. The first kappa shape index (κ1) is 22.0. The molecule has 1 aliphatic heterocycles. The van der Waals surface area contributed by atoms with Crippen molar-refractivity contribution < 1.29 is 29.3 Å². The molecule has 3 aromatic rings. The number of aromatic hydroxyl groups is 1. The summed E-state index contributed by atoms with van der Waals surface area (Å²) in [5, 5.41) is 18.9. The average molecular weight is 448 g/mol. The lowest BCUT2D eigenvalue weighted by Gasteiger charge is -2.34. The van der Waals surface area contributed by atoms with Gasteiger partial charge in [0, 0.05) is 30.4 Å². The molecule has 0 aliphatic carbocycles. The molecule has 4 rings (SSSR count). The van der Waals surface area contributed by atoms with Gasteiger partial charge < -0.3 is 29.5 Å². The summed E-state index contributed by atoms with van der Waals surface area (Å²) in [5.74, 6) is -0.307. The number of anilines is 2. The predicted molar refractivity (Wildman–Crippen MR) is 124 cm³/mol. The Morgan fingerprint density at radius 3 is 2.58 bits per heavy atom. The van der Waals surface area contributed by atoms with Crippen LogP contribution in [0.5, 0.6) is 17.2 Å². The number of carboxylic acids is 1. The van der Waals surface area contributed by atoms with Crippen LogP contribution in [-0.2, 0) is 4.79 Å². The van der Waals surface area contributed by atoms with E-state index in [-0.39, 0.29) is 11.7 Å². The first-order valence-electron chi connectivity index (χ1n) is 10.5. The second kappa shape index (κ2) is 9.95. The van der Waals surface area contributed by atoms with Crippen molar-refractivity contribution in [1.29, 1.82) is 0 Å². The summed E-state index contributed by atoms with van der Waals surface area (Å²) in [7, 11) is 0. The van der Waals surface area contributed by atoms with E-state index in [0.717, 1.165) is 5.69 Å². The first-order chi connectivity index (χ1) is 16.0. The topological polar surface area (TPSA) is 99.5 Å². The number of nitrogens with zero attached hydrogens (tertiary/aromatic N) is 2. The molecule has 0 bridgehead atoms. The van der Waals surface area contributed by atoms with Gasteiger partial charge in [0.2, 0.25) is 0 Å². The predicted octanol–water partition coefficient (Wildman–Crippen LogP) is 3.40. The fourth-order valence-corrected chi connectivity index (χ4v) is 3.73. The number of hydrogen-bond acceptors (Lipinski definition) is 6. The molecule has 0 fully saturated rings. The number of amides is 1. The molecule has 33 heavy (non-hydrogen) atoms. The van der Waals surface area contributed by atoms with Crippen LogP contribution >= 0.6 is 0 Å². The minimum Gasteiger partial charge on any atom is -0.508 e. The van der Waals surface area contributed by atoms with Crippen LogP contribution in [0.15, 0.2) is 72.8 Å². The smallest absolute Gasteiger partial charge is 0.341 e. The van der Waals surface area contributed by atoms with Gasteiger partial charge >= 0.3 is 5.97 Å². The van der Waals surface area contributed by atoms with E-state index in [0.29, 0.717) is 49.0 Å². The van der Waals surface area contributed by atoms with E-state index in [9.17, 15) is 14.7 Å². The van der Waals surface area contributed by atoms with E-state index >= 15 is 0 Å². The number of phenolic OH excluding ortho intramolecular Hbond substituents is 1. The van der Waals surface area contributed by atoms with Crippen molar-refractivity contribution in [3.63, 3.8) is 0 Å². The van der Waals surface area contributed by atoms with Gasteiger partial charge in [-0.25, -0.2) is 4.79 Å². The van der Waals surface area contributed by atoms with E-state index in [1.165, 1.54) is 0 Å². The lowest BCUT2D eigenvalue weighted by Crippen LogP contribution is -2.41. The maximum Gasteiger partial charge on any atom is 0.341 e. The number of benzene rings is 3. The number of carboxylic acid groups (broad SMARTS) is 1. The largest absolute Gasteiger partial charge is 0.508 e. The Bertz CT molecular complexity index is 1130. The standard InChI is InChI=1S/C25H24N2O6/c28-20-9-4-8-19(16-20)27(25(31)18-6-2-1-3-7-18)13-12-26-14-15-32-24-21(26)10-5-11-22(24)33-17-23(29)30/h1-11,16,28H,12-15,17H2,(H,29,30). The number of para-hydroxylation sites is 1. The molecule has 8 heteroatoms. The first-order valence-corrected chi connectivity index (χ1v) is 10.5. The summed E-state index contributed by atoms with van der Waals surface area (Å²) in [6, 6.07) is 20.9. The molecule has 0 aromatic heterocycles. The van der Waals surface area contributed by atoms with Crippen LogP contribution in [0.4, 0.5) is 11.4 Å². The number of fused-ring (bicyclic) bond motifs is 1. The monoisotopic (exact) mass is 448 g/mol. The van der Waals surface area contributed by atoms with Crippen LogP contribution < -0.4 is 19.3 Å². The Morgan fingerprint density at radius 2 is 1.82 bits per heavy atom. The molecular weight excluding hydrogens is 424 g/mol. The number of hydrogen-bond donors (Lipinski definition) is 2. The SMILES string of the molecule is O=C(O)COc1cccc2c1OCCN2CCN(C(=O)c1ccccc1)c1cccc(O)c1. The molecule has 1 heterocycles. The third kappa shape index (κ3) is 5.17. The van der Waals surface area contributed by atoms with Crippen molar-refractivity contribution in [2.45, 2.75) is 0 Å². The second-order valence-corrected chi connectivity index (χ2v) is 7.46. The van der Waals surface area contributed by atoms with E-state index < -0.39 is 12.6 Å². The van der Waals surface area contributed by atoms with Gasteiger partial charge in [0.15, 0.2) is 18.1 Å². The van der Waals surface area contributed by atoms with Crippen molar-refractivity contribution in [1.82, 2.24) is 0 Å². The second-order valence-electron chi connectivity index (χ2n) is 7.46. The van der Waals surface area contributed by atoms with E-state index in [1.54, 1.807) is 53.4 Å². The summed E-state index contributed by atoms with van der Waals surface area (Å²) >= 11 is 0. The number of aliphatic carboxylic acids is 1. The Hall–Kier alpha value is -4.20. The van der Waals surface area contributed by atoms with Crippen LogP contribution in [0.2, 0.25) is 0 Å².